The van der Waals surface area contributed by atoms with Gasteiger partial charge in [0.15, 0.2) is 17.5 Å². The van der Waals surface area contributed by atoms with E-state index in [9.17, 15) is 5.11 Å². The Morgan fingerprint density at radius 1 is 1.12 bits per heavy atom. The molecule has 6 nitrogen and oxygen atoms in total. The van der Waals surface area contributed by atoms with Gasteiger partial charge in [-0.2, -0.15) is 0 Å². The summed E-state index contributed by atoms with van der Waals surface area (Å²) >= 11 is 0. The summed E-state index contributed by atoms with van der Waals surface area (Å²) in [6.45, 7) is 7.73. The number of aliphatic imine (C=N–C) groups is 1. The number of phenolic OH excluding ortho intramolecular Hbond substituents is 1. The molecule has 1 rings (SSSR count). The molecular weight excluding hydrogens is 330 g/mol. The predicted octanol–water partition coefficient (Wildman–Crippen LogP) is 3.82. The van der Waals surface area contributed by atoms with Crippen LogP contribution in [0.3, 0.4) is 0 Å². The molecule has 1 unspecified atom stereocenters. The minimum absolute atomic E-state index is 0.00784. The molecule has 1 aromatic rings. The highest BCUT2D eigenvalue weighted by Crippen LogP contribution is 2.37. The third kappa shape index (κ3) is 7.42. The Morgan fingerprint density at radius 3 is 2.31 bits per heavy atom. The number of ether oxygens (including phenoxy) is 2. The van der Waals surface area contributed by atoms with Gasteiger partial charge in [-0.3, -0.25) is 0 Å². The molecule has 0 fully saturated rings. The lowest BCUT2D eigenvalue weighted by Gasteiger charge is -2.18. The molecule has 26 heavy (non-hydrogen) atoms. The van der Waals surface area contributed by atoms with Gasteiger partial charge in [0, 0.05) is 12.6 Å². The summed E-state index contributed by atoms with van der Waals surface area (Å²) in [7, 11) is 3.04. The van der Waals surface area contributed by atoms with E-state index in [0.717, 1.165) is 24.5 Å². The van der Waals surface area contributed by atoms with Crippen LogP contribution in [0.1, 0.15) is 58.4 Å². The van der Waals surface area contributed by atoms with Crippen molar-refractivity contribution in [1.82, 2.24) is 10.6 Å². The Bertz CT molecular complexity index is 536. The van der Waals surface area contributed by atoms with Crippen LogP contribution in [0.25, 0.3) is 0 Å². The summed E-state index contributed by atoms with van der Waals surface area (Å²) in [5, 5.41) is 16.7. The monoisotopic (exact) mass is 365 g/mol. The molecule has 3 N–H and O–H groups in total. The van der Waals surface area contributed by atoms with Gasteiger partial charge in [0.05, 0.1) is 20.8 Å². The number of nitrogens with zero attached hydrogens (tertiary/aromatic N) is 1. The first-order valence-corrected chi connectivity index (χ1v) is 9.54. The van der Waals surface area contributed by atoms with E-state index >= 15 is 0 Å². The molecule has 0 radical (unpaired) electrons. The first-order chi connectivity index (χ1) is 12.5. The van der Waals surface area contributed by atoms with Crippen LogP contribution in [0.15, 0.2) is 17.1 Å². The maximum Gasteiger partial charge on any atom is 0.200 e. The van der Waals surface area contributed by atoms with Crippen LogP contribution in [0, 0.1) is 0 Å². The van der Waals surface area contributed by atoms with Crippen molar-refractivity contribution in [3.05, 3.63) is 17.7 Å². The zero-order valence-corrected chi connectivity index (χ0v) is 16.9. The third-order valence-electron chi connectivity index (χ3n) is 4.18. The maximum atomic E-state index is 10.0. The van der Waals surface area contributed by atoms with Gasteiger partial charge in [0.1, 0.15) is 0 Å². The van der Waals surface area contributed by atoms with Gasteiger partial charge in [-0.15, -0.1) is 0 Å². The molecule has 0 aliphatic carbocycles. The number of rotatable bonds is 11. The molecule has 0 saturated heterocycles. The van der Waals surface area contributed by atoms with Crippen molar-refractivity contribution in [3.63, 3.8) is 0 Å². The molecule has 0 aromatic heterocycles. The number of methoxy groups -OCH3 is 2. The maximum absolute atomic E-state index is 10.0. The van der Waals surface area contributed by atoms with Crippen molar-refractivity contribution >= 4 is 5.96 Å². The van der Waals surface area contributed by atoms with Gasteiger partial charge in [-0.1, -0.05) is 32.6 Å². The Balaban J connectivity index is 2.73. The van der Waals surface area contributed by atoms with Crippen LogP contribution in [-0.2, 0) is 6.54 Å². The van der Waals surface area contributed by atoms with Crippen molar-refractivity contribution in [1.29, 1.82) is 0 Å². The van der Waals surface area contributed by atoms with Gasteiger partial charge in [-0.25, -0.2) is 4.99 Å². The van der Waals surface area contributed by atoms with E-state index in [0.29, 0.717) is 24.1 Å². The normalized spacial score (nSPS) is 12.6. The van der Waals surface area contributed by atoms with Gasteiger partial charge in [0.2, 0.25) is 5.75 Å². The van der Waals surface area contributed by atoms with Gasteiger partial charge in [0.25, 0.3) is 0 Å². The molecule has 0 bridgehead atoms. The van der Waals surface area contributed by atoms with Crippen LogP contribution in [0.4, 0.5) is 0 Å². The molecule has 6 heteroatoms. The molecule has 148 valence electrons. The molecule has 0 amide bonds. The lowest BCUT2D eigenvalue weighted by atomic mass is 10.1. The number of nitrogens with one attached hydrogen (secondary N) is 2. The number of benzene rings is 1. The molecule has 0 heterocycles. The topological polar surface area (TPSA) is 75.1 Å². The van der Waals surface area contributed by atoms with Crippen LogP contribution in [-0.4, -0.2) is 37.9 Å². The van der Waals surface area contributed by atoms with Gasteiger partial charge in [-0.05, 0) is 38.0 Å². The number of aromatic hydroxyl groups is 1. The van der Waals surface area contributed by atoms with E-state index in [1.807, 2.05) is 0 Å². The fourth-order valence-electron chi connectivity index (χ4n) is 2.71. The molecule has 1 atom stereocenters. The summed E-state index contributed by atoms with van der Waals surface area (Å²) in [4.78, 5) is 4.65. The minimum Gasteiger partial charge on any atom is -0.502 e. The average molecular weight is 366 g/mol. The zero-order valence-electron chi connectivity index (χ0n) is 16.9. The largest absolute Gasteiger partial charge is 0.502 e. The van der Waals surface area contributed by atoms with E-state index < -0.39 is 0 Å². The minimum atomic E-state index is 0.00784. The summed E-state index contributed by atoms with van der Waals surface area (Å²) < 4.78 is 10.4. The lowest BCUT2D eigenvalue weighted by Crippen LogP contribution is -2.42. The quantitative estimate of drug-likeness (QED) is 0.316. The summed E-state index contributed by atoms with van der Waals surface area (Å²) in [5.74, 6) is 1.57. The predicted molar refractivity (Wildman–Crippen MR) is 107 cm³/mol. The van der Waals surface area contributed by atoms with E-state index in [1.54, 1.807) is 12.1 Å². The highest BCUT2D eigenvalue weighted by molar-refractivity contribution is 5.80. The second-order valence-corrected chi connectivity index (χ2v) is 6.44. The smallest absolute Gasteiger partial charge is 0.200 e. The van der Waals surface area contributed by atoms with Crippen molar-refractivity contribution in [3.8, 4) is 17.2 Å². The first kappa shape index (κ1) is 21.9. The van der Waals surface area contributed by atoms with E-state index in [-0.39, 0.29) is 5.75 Å². The number of unbranched alkanes of at least 4 members (excludes halogenated alkanes) is 3. The number of guanidine groups is 1. The highest BCUT2D eigenvalue weighted by atomic mass is 16.5. The second kappa shape index (κ2) is 12.3. The Hall–Kier alpha value is -2.11. The summed E-state index contributed by atoms with van der Waals surface area (Å²) in [5.41, 5.74) is 0.907. The van der Waals surface area contributed by atoms with Crippen molar-refractivity contribution in [2.45, 2.75) is 65.5 Å². The highest BCUT2D eigenvalue weighted by Gasteiger charge is 2.11. The lowest BCUT2D eigenvalue weighted by molar-refractivity contribution is 0.339. The Labute approximate surface area is 158 Å². The summed E-state index contributed by atoms with van der Waals surface area (Å²) in [6.07, 6.45) is 6.19. The number of phenols is 1. The fourth-order valence-corrected chi connectivity index (χ4v) is 2.71. The van der Waals surface area contributed by atoms with Gasteiger partial charge >= 0.3 is 0 Å². The van der Waals surface area contributed by atoms with Crippen LogP contribution in [0.2, 0.25) is 0 Å². The van der Waals surface area contributed by atoms with Crippen LogP contribution < -0.4 is 20.1 Å². The SMILES string of the molecule is CCCCCCC(C)NC(=NCc1cc(OC)c(O)c(OC)c1)NCC. The summed E-state index contributed by atoms with van der Waals surface area (Å²) in [6, 6.07) is 3.92. The third-order valence-corrected chi connectivity index (χ3v) is 4.18. The zero-order chi connectivity index (χ0) is 19.4. The van der Waals surface area contributed by atoms with E-state index in [1.165, 1.54) is 39.9 Å². The molecule has 1 aromatic carbocycles. The van der Waals surface area contributed by atoms with Crippen molar-refractivity contribution in [2.24, 2.45) is 4.99 Å². The van der Waals surface area contributed by atoms with Crippen LogP contribution >= 0.6 is 0 Å². The molecular formula is C20H35N3O3. The molecule has 0 aliphatic rings. The fraction of sp³-hybridized carbons (Fsp3) is 0.650. The van der Waals surface area contributed by atoms with Gasteiger partial charge < -0.3 is 25.2 Å². The number of hydrogen-bond acceptors (Lipinski definition) is 4. The first-order valence-electron chi connectivity index (χ1n) is 9.54. The molecule has 0 aliphatic heterocycles. The Kier molecular flexibility index (Phi) is 10.4. The molecule has 0 saturated carbocycles. The second-order valence-electron chi connectivity index (χ2n) is 6.44. The number of hydrogen-bond donors (Lipinski definition) is 3. The van der Waals surface area contributed by atoms with E-state index in [2.05, 4.69) is 36.4 Å². The molecule has 0 spiro atoms. The Morgan fingerprint density at radius 2 is 1.77 bits per heavy atom. The van der Waals surface area contributed by atoms with Crippen LogP contribution in [0.5, 0.6) is 17.2 Å². The van der Waals surface area contributed by atoms with Crippen molar-refractivity contribution < 1.29 is 14.6 Å². The van der Waals surface area contributed by atoms with Crippen molar-refractivity contribution in [2.75, 3.05) is 20.8 Å². The standard InChI is InChI=1S/C20H35N3O3/c1-6-8-9-10-11-15(3)23-20(21-7-2)22-14-16-12-17(25-4)19(24)18(13-16)26-5/h12-13,15,24H,6-11,14H2,1-5H3,(H2,21,22,23). The average Bonchev–Trinajstić information content (AvgIpc) is 2.64. The van der Waals surface area contributed by atoms with E-state index in [4.69, 9.17) is 9.47 Å².